The van der Waals surface area contributed by atoms with Crippen LogP contribution in [-0.2, 0) is 17.6 Å². The van der Waals surface area contributed by atoms with Crippen LogP contribution in [0.2, 0.25) is 5.02 Å². The van der Waals surface area contributed by atoms with Crippen LogP contribution in [0, 0.1) is 11.8 Å². The van der Waals surface area contributed by atoms with Crippen molar-refractivity contribution in [2.75, 3.05) is 26.7 Å². The molecule has 6 heteroatoms. The molecule has 4 rings (SSSR count). The van der Waals surface area contributed by atoms with E-state index in [1.807, 2.05) is 30.5 Å². The SMILES string of the molecule is COc1ccc2nccc(CCCC3CCN(CCCCc4ccc(Cl)cc4)CC3CCC(=O)O)c2c1. The van der Waals surface area contributed by atoms with E-state index in [4.69, 9.17) is 16.3 Å². The molecular weight excluding hydrogens is 484 g/mol. The number of benzene rings is 2. The summed E-state index contributed by atoms with van der Waals surface area (Å²) in [6.45, 7) is 3.23. The molecule has 2 aromatic carbocycles. The van der Waals surface area contributed by atoms with Gasteiger partial charge in [-0.25, -0.2) is 0 Å². The number of pyridine rings is 1. The van der Waals surface area contributed by atoms with Gasteiger partial charge in [-0.2, -0.15) is 0 Å². The van der Waals surface area contributed by atoms with Gasteiger partial charge < -0.3 is 14.7 Å². The fourth-order valence-electron chi connectivity index (χ4n) is 5.77. The van der Waals surface area contributed by atoms with Gasteiger partial charge in [0.1, 0.15) is 5.75 Å². The number of halogens is 1. The average Bonchev–Trinajstić information content (AvgIpc) is 2.91. The molecule has 0 radical (unpaired) electrons. The smallest absolute Gasteiger partial charge is 0.303 e. The molecule has 5 nitrogen and oxygen atoms in total. The van der Waals surface area contributed by atoms with E-state index >= 15 is 0 Å². The van der Waals surface area contributed by atoms with Gasteiger partial charge in [-0.05, 0) is 124 Å². The van der Waals surface area contributed by atoms with Crippen LogP contribution in [0.3, 0.4) is 0 Å². The van der Waals surface area contributed by atoms with E-state index in [0.717, 1.165) is 92.7 Å². The highest BCUT2D eigenvalue weighted by atomic mass is 35.5. The lowest BCUT2D eigenvalue weighted by molar-refractivity contribution is -0.137. The van der Waals surface area contributed by atoms with Gasteiger partial charge >= 0.3 is 5.97 Å². The monoisotopic (exact) mass is 522 g/mol. The standard InChI is InChI=1S/C31H39ClN2O3/c1-37-28-13-14-30-29(21-28)25(16-18-33-30)7-4-6-24-17-20-34(22-26(24)10-15-31(35)36)19-3-2-5-23-8-11-27(32)12-9-23/h8-9,11-14,16,18,21,24,26H,2-7,10,15,17,19-20,22H2,1H3,(H,35,36). The van der Waals surface area contributed by atoms with Crippen molar-refractivity contribution < 1.29 is 14.6 Å². The Hall–Kier alpha value is -2.63. The van der Waals surface area contributed by atoms with E-state index in [2.05, 4.69) is 34.1 Å². The number of piperidine rings is 1. The number of methoxy groups -OCH3 is 1. The summed E-state index contributed by atoms with van der Waals surface area (Å²) in [4.78, 5) is 18.4. The normalized spacial score (nSPS) is 18.2. The molecular formula is C31H39ClN2O3. The van der Waals surface area contributed by atoms with E-state index in [9.17, 15) is 9.90 Å². The third-order valence-corrected chi connectivity index (χ3v) is 8.12. The zero-order valence-electron chi connectivity index (χ0n) is 21.9. The Bertz CT molecular complexity index is 1150. The number of aryl methyl sites for hydroxylation is 2. The fourth-order valence-corrected chi connectivity index (χ4v) is 5.90. The van der Waals surface area contributed by atoms with E-state index in [0.29, 0.717) is 11.8 Å². The van der Waals surface area contributed by atoms with Crippen LogP contribution < -0.4 is 4.74 Å². The first kappa shape index (κ1) is 27.4. The van der Waals surface area contributed by atoms with Crippen molar-refractivity contribution in [3.63, 3.8) is 0 Å². The number of fused-ring (bicyclic) bond motifs is 1. The number of aliphatic carboxylic acids is 1. The number of rotatable bonds is 13. The molecule has 0 saturated carbocycles. The molecule has 0 aliphatic carbocycles. The van der Waals surface area contributed by atoms with Gasteiger partial charge in [0.2, 0.25) is 0 Å². The number of ether oxygens (including phenoxy) is 1. The molecule has 2 heterocycles. The van der Waals surface area contributed by atoms with E-state index in [-0.39, 0.29) is 6.42 Å². The number of hydrogen-bond donors (Lipinski definition) is 1. The number of nitrogens with zero attached hydrogens (tertiary/aromatic N) is 2. The third kappa shape index (κ3) is 8.18. The van der Waals surface area contributed by atoms with Crippen molar-refractivity contribution in [1.82, 2.24) is 9.88 Å². The summed E-state index contributed by atoms with van der Waals surface area (Å²) in [5.41, 5.74) is 3.65. The molecule has 198 valence electrons. The fraction of sp³-hybridized carbons (Fsp3) is 0.484. The Labute approximate surface area is 225 Å². The second kappa shape index (κ2) is 13.8. The largest absolute Gasteiger partial charge is 0.497 e. The van der Waals surface area contributed by atoms with Crippen LogP contribution in [0.5, 0.6) is 5.75 Å². The van der Waals surface area contributed by atoms with Crippen molar-refractivity contribution >= 4 is 28.5 Å². The lowest BCUT2D eigenvalue weighted by Gasteiger charge is -2.39. The maximum absolute atomic E-state index is 11.3. The number of carbonyl (C=O) groups is 1. The quantitative estimate of drug-likeness (QED) is 0.244. The third-order valence-electron chi connectivity index (χ3n) is 7.87. The topological polar surface area (TPSA) is 62.7 Å². The van der Waals surface area contributed by atoms with Gasteiger partial charge in [0.05, 0.1) is 12.6 Å². The minimum Gasteiger partial charge on any atom is -0.497 e. The molecule has 1 aliphatic rings. The highest BCUT2D eigenvalue weighted by Gasteiger charge is 2.29. The maximum atomic E-state index is 11.3. The summed E-state index contributed by atoms with van der Waals surface area (Å²) in [6, 6.07) is 16.3. The lowest BCUT2D eigenvalue weighted by atomic mass is 9.79. The van der Waals surface area contributed by atoms with E-state index in [1.54, 1.807) is 7.11 Å². The first-order valence-corrected chi connectivity index (χ1v) is 14.0. The Kier molecular flexibility index (Phi) is 10.2. The number of hydrogen-bond acceptors (Lipinski definition) is 4. The van der Waals surface area contributed by atoms with Gasteiger partial charge in [-0.1, -0.05) is 23.7 Å². The number of unbranched alkanes of at least 4 members (excludes halogenated alkanes) is 1. The molecule has 1 aromatic heterocycles. The van der Waals surface area contributed by atoms with Crippen LogP contribution in [0.15, 0.2) is 54.7 Å². The Morgan fingerprint density at radius 2 is 1.89 bits per heavy atom. The molecule has 0 amide bonds. The first-order valence-electron chi connectivity index (χ1n) is 13.6. The van der Waals surface area contributed by atoms with Gasteiger partial charge in [-0.15, -0.1) is 0 Å². The lowest BCUT2D eigenvalue weighted by Crippen LogP contribution is -2.41. The van der Waals surface area contributed by atoms with Gasteiger partial charge in [0.15, 0.2) is 0 Å². The van der Waals surface area contributed by atoms with E-state index < -0.39 is 5.97 Å². The molecule has 1 N–H and O–H groups in total. The zero-order valence-corrected chi connectivity index (χ0v) is 22.6. The van der Waals surface area contributed by atoms with Crippen LogP contribution in [0.25, 0.3) is 10.9 Å². The predicted octanol–water partition coefficient (Wildman–Crippen LogP) is 7.05. The number of likely N-dealkylation sites (tertiary alicyclic amines) is 1. The molecule has 1 saturated heterocycles. The summed E-state index contributed by atoms with van der Waals surface area (Å²) in [6.07, 6.45) is 10.7. The zero-order chi connectivity index (χ0) is 26.0. The second-order valence-corrected chi connectivity index (χ2v) is 10.8. The van der Waals surface area contributed by atoms with Gasteiger partial charge in [-0.3, -0.25) is 9.78 Å². The predicted molar refractivity (Wildman–Crippen MR) is 151 cm³/mol. The summed E-state index contributed by atoms with van der Waals surface area (Å²) in [7, 11) is 1.69. The van der Waals surface area contributed by atoms with Gasteiger partial charge in [0, 0.05) is 29.6 Å². The minimum atomic E-state index is -0.684. The van der Waals surface area contributed by atoms with Crippen molar-refractivity contribution in [2.45, 2.75) is 57.8 Å². The number of carboxylic acids is 1. The molecule has 1 fully saturated rings. The Morgan fingerprint density at radius 3 is 2.68 bits per heavy atom. The molecule has 0 spiro atoms. The highest BCUT2D eigenvalue weighted by molar-refractivity contribution is 6.30. The second-order valence-electron chi connectivity index (χ2n) is 10.4. The van der Waals surface area contributed by atoms with Crippen molar-refractivity contribution in [1.29, 1.82) is 0 Å². The maximum Gasteiger partial charge on any atom is 0.303 e. The van der Waals surface area contributed by atoms with Gasteiger partial charge in [0.25, 0.3) is 0 Å². The van der Waals surface area contributed by atoms with Crippen LogP contribution in [0.4, 0.5) is 0 Å². The molecule has 0 bridgehead atoms. The molecule has 37 heavy (non-hydrogen) atoms. The molecule has 1 aliphatic heterocycles. The summed E-state index contributed by atoms with van der Waals surface area (Å²) in [5, 5.41) is 11.3. The van der Waals surface area contributed by atoms with Crippen molar-refractivity contribution in [2.24, 2.45) is 11.8 Å². The van der Waals surface area contributed by atoms with Crippen molar-refractivity contribution in [3.8, 4) is 5.75 Å². The number of aromatic nitrogens is 1. The highest BCUT2D eigenvalue weighted by Crippen LogP contribution is 2.32. The Morgan fingerprint density at radius 1 is 1.05 bits per heavy atom. The summed E-state index contributed by atoms with van der Waals surface area (Å²) < 4.78 is 5.42. The van der Waals surface area contributed by atoms with Crippen LogP contribution in [0.1, 0.15) is 56.1 Å². The molecule has 3 aromatic rings. The first-order chi connectivity index (χ1) is 18.0. The molecule has 2 atom stereocenters. The van der Waals surface area contributed by atoms with Crippen molar-refractivity contribution in [3.05, 3.63) is 70.9 Å². The molecule has 2 unspecified atom stereocenters. The van der Waals surface area contributed by atoms with Crippen LogP contribution in [-0.4, -0.2) is 47.7 Å². The minimum absolute atomic E-state index is 0.264. The summed E-state index contributed by atoms with van der Waals surface area (Å²) in [5.74, 6) is 1.22. The number of carboxylic acid groups (broad SMARTS) is 1. The summed E-state index contributed by atoms with van der Waals surface area (Å²) >= 11 is 5.99. The average molecular weight is 523 g/mol. The van der Waals surface area contributed by atoms with Crippen LogP contribution >= 0.6 is 11.6 Å². The Balaban J connectivity index is 1.28. The van der Waals surface area contributed by atoms with E-state index in [1.165, 1.54) is 11.1 Å².